The second-order valence-corrected chi connectivity index (χ2v) is 8.34. The topological polar surface area (TPSA) is 85.6 Å². The van der Waals surface area contributed by atoms with Gasteiger partial charge in [0.25, 0.3) is 5.91 Å². The second-order valence-electron chi connectivity index (χ2n) is 8.34. The summed E-state index contributed by atoms with van der Waals surface area (Å²) in [6, 6.07) is 13.7. The third-order valence-electron chi connectivity index (χ3n) is 5.40. The van der Waals surface area contributed by atoms with E-state index in [1.54, 1.807) is 41.3 Å². The van der Waals surface area contributed by atoms with E-state index in [1.807, 2.05) is 45.9 Å². The highest BCUT2D eigenvalue weighted by molar-refractivity contribution is 5.96. The Labute approximate surface area is 191 Å². The Bertz CT molecular complexity index is 1290. The van der Waals surface area contributed by atoms with E-state index in [1.165, 1.54) is 6.07 Å². The zero-order valence-electron chi connectivity index (χ0n) is 19.0. The number of amides is 1. The molecule has 0 radical (unpaired) electrons. The van der Waals surface area contributed by atoms with Gasteiger partial charge < -0.3 is 5.32 Å². The van der Waals surface area contributed by atoms with E-state index in [2.05, 4.69) is 25.8 Å². The number of aryl methyl sites for hydroxylation is 1. The molecule has 0 bridgehead atoms. The highest BCUT2D eigenvalue weighted by atomic mass is 19.1. The summed E-state index contributed by atoms with van der Waals surface area (Å²) in [7, 11) is 0. The smallest absolute Gasteiger partial charge is 0.251 e. The lowest BCUT2D eigenvalue weighted by molar-refractivity contribution is 0.0940. The van der Waals surface area contributed by atoms with Crippen LogP contribution < -0.4 is 5.32 Å². The summed E-state index contributed by atoms with van der Waals surface area (Å²) in [6.07, 6.45) is 3.40. The monoisotopic (exact) mass is 444 g/mol. The highest BCUT2D eigenvalue weighted by Gasteiger charge is 2.18. The summed E-state index contributed by atoms with van der Waals surface area (Å²) in [5, 5.41) is 15.0. The van der Waals surface area contributed by atoms with Gasteiger partial charge in [-0.2, -0.15) is 4.68 Å². The Kier molecular flexibility index (Phi) is 6.26. The number of hydrogen-bond donors (Lipinski definition) is 1. The number of carbonyl (C=O) groups excluding carboxylic acids is 1. The van der Waals surface area contributed by atoms with Crippen molar-refractivity contribution in [3.63, 3.8) is 0 Å². The number of halogens is 1. The minimum absolute atomic E-state index is 0.0580. The number of benzene rings is 2. The summed E-state index contributed by atoms with van der Waals surface area (Å²) in [5.74, 6) is 0.0541. The number of hydrogen-bond acceptors (Lipinski definition) is 5. The standard InChI is InChI=1S/C25H25FN6O/c1-15(2)24-29-30-31-32(24)21-12-19(22-8-7-16(3)10-23(22)26)11-20(13-21)25(33)28-17(4)18-6-5-9-27-14-18/h5-15,17H,1-4H3,(H,28,33). The van der Waals surface area contributed by atoms with E-state index in [9.17, 15) is 9.18 Å². The average Bonchev–Trinajstić information content (AvgIpc) is 3.30. The minimum Gasteiger partial charge on any atom is -0.345 e. The normalized spacial score (nSPS) is 12.1. The zero-order chi connectivity index (χ0) is 23.5. The molecule has 0 saturated heterocycles. The molecule has 0 spiro atoms. The molecule has 0 fully saturated rings. The van der Waals surface area contributed by atoms with Crippen molar-refractivity contribution < 1.29 is 9.18 Å². The van der Waals surface area contributed by atoms with Crippen molar-refractivity contribution in [1.29, 1.82) is 0 Å². The second kappa shape index (κ2) is 9.28. The molecule has 0 aliphatic carbocycles. The van der Waals surface area contributed by atoms with E-state index in [4.69, 9.17) is 0 Å². The van der Waals surface area contributed by atoms with Crippen LogP contribution in [-0.2, 0) is 0 Å². The molecule has 0 aliphatic heterocycles. The van der Waals surface area contributed by atoms with Crippen LogP contribution in [0.3, 0.4) is 0 Å². The van der Waals surface area contributed by atoms with Crippen molar-refractivity contribution in [3.8, 4) is 16.8 Å². The lowest BCUT2D eigenvalue weighted by Crippen LogP contribution is -2.27. The molecule has 4 aromatic rings. The van der Waals surface area contributed by atoms with E-state index < -0.39 is 0 Å². The number of pyridine rings is 1. The molecule has 1 atom stereocenters. The minimum atomic E-state index is -0.358. The summed E-state index contributed by atoms with van der Waals surface area (Å²) in [6.45, 7) is 7.68. The van der Waals surface area contributed by atoms with Crippen LogP contribution in [-0.4, -0.2) is 31.1 Å². The van der Waals surface area contributed by atoms with Crippen LogP contribution in [0.5, 0.6) is 0 Å². The SMILES string of the molecule is Cc1ccc(-c2cc(C(=O)NC(C)c3cccnc3)cc(-n3nnnc3C(C)C)c2)c(F)c1. The van der Waals surface area contributed by atoms with Gasteiger partial charge in [0.15, 0.2) is 5.82 Å². The molecule has 168 valence electrons. The van der Waals surface area contributed by atoms with Gasteiger partial charge in [-0.25, -0.2) is 4.39 Å². The van der Waals surface area contributed by atoms with Crippen LogP contribution in [0.25, 0.3) is 16.8 Å². The van der Waals surface area contributed by atoms with Gasteiger partial charge in [0, 0.05) is 29.4 Å². The summed E-state index contributed by atoms with van der Waals surface area (Å²) >= 11 is 0. The molecular formula is C25H25FN6O. The molecule has 2 aromatic carbocycles. The van der Waals surface area contributed by atoms with Gasteiger partial charge in [0.2, 0.25) is 0 Å². The van der Waals surface area contributed by atoms with Crippen molar-refractivity contribution >= 4 is 5.91 Å². The molecule has 8 heteroatoms. The molecule has 4 rings (SSSR count). The Morgan fingerprint density at radius 1 is 1.09 bits per heavy atom. The van der Waals surface area contributed by atoms with Gasteiger partial charge in [-0.1, -0.05) is 32.0 Å². The molecule has 33 heavy (non-hydrogen) atoms. The number of nitrogens with zero attached hydrogens (tertiary/aromatic N) is 5. The average molecular weight is 445 g/mol. The molecule has 1 amide bonds. The molecular weight excluding hydrogens is 419 g/mol. The predicted molar refractivity (Wildman–Crippen MR) is 123 cm³/mol. The largest absolute Gasteiger partial charge is 0.345 e. The zero-order valence-corrected chi connectivity index (χ0v) is 19.0. The number of nitrogens with one attached hydrogen (secondary N) is 1. The number of tetrazole rings is 1. The predicted octanol–water partition coefficient (Wildman–Crippen LogP) is 4.79. The van der Waals surface area contributed by atoms with E-state index >= 15 is 0 Å². The van der Waals surface area contributed by atoms with Gasteiger partial charge in [-0.15, -0.1) is 5.10 Å². The van der Waals surface area contributed by atoms with Crippen LogP contribution in [0.1, 0.15) is 60.0 Å². The van der Waals surface area contributed by atoms with E-state index in [0.717, 1.165) is 11.1 Å². The van der Waals surface area contributed by atoms with Crippen LogP contribution in [0.4, 0.5) is 4.39 Å². The fourth-order valence-electron chi connectivity index (χ4n) is 3.61. The molecule has 1 unspecified atom stereocenters. The summed E-state index contributed by atoms with van der Waals surface area (Å²) in [4.78, 5) is 17.3. The molecule has 2 aromatic heterocycles. The van der Waals surface area contributed by atoms with Crippen molar-refractivity contribution in [3.05, 3.63) is 89.3 Å². The van der Waals surface area contributed by atoms with Crippen LogP contribution >= 0.6 is 0 Å². The maximum Gasteiger partial charge on any atom is 0.251 e. The van der Waals surface area contributed by atoms with Crippen LogP contribution in [0.15, 0.2) is 60.9 Å². The lowest BCUT2D eigenvalue weighted by Gasteiger charge is -2.16. The third kappa shape index (κ3) is 4.79. The number of aromatic nitrogens is 5. The first-order valence-corrected chi connectivity index (χ1v) is 10.7. The van der Waals surface area contributed by atoms with Gasteiger partial charge in [-0.3, -0.25) is 9.78 Å². The molecule has 1 N–H and O–H groups in total. The van der Waals surface area contributed by atoms with Crippen molar-refractivity contribution in [2.75, 3.05) is 0 Å². The van der Waals surface area contributed by atoms with Crippen molar-refractivity contribution in [2.45, 2.75) is 39.7 Å². The fraction of sp³-hybridized carbons (Fsp3) is 0.240. The molecule has 0 saturated carbocycles. The lowest BCUT2D eigenvalue weighted by atomic mass is 9.99. The van der Waals surface area contributed by atoms with Gasteiger partial charge >= 0.3 is 0 Å². The van der Waals surface area contributed by atoms with E-state index in [-0.39, 0.29) is 23.7 Å². The molecule has 2 heterocycles. The van der Waals surface area contributed by atoms with Crippen molar-refractivity contribution in [1.82, 2.24) is 30.5 Å². The first-order chi connectivity index (χ1) is 15.8. The quantitative estimate of drug-likeness (QED) is 0.462. The Hall–Kier alpha value is -3.94. The van der Waals surface area contributed by atoms with Gasteiger partial charge in [-0.05, 0) is 71.3 Å². The fourth-order valence-corrected chi connectivity index (χ4v) is 3.61. The summed E-state index contributed by atoms with van der Waals surface area (Å²) < 4.78 is 16.4. The maximum absolute atomic E-state index is 14.8. The summed E-state index contributed by atoms with van der Waals surface area (Å²) in [5.41, 5.74) is 3.63. The Morgan fingerprint density at radius 2 is 1.91 bits per heavy atom. The van der Waals surface area contributed by atoms with Gasteiger partial charge in [0.1, 0.15) is 5.82 Å². The molecule has 7 nitrogen and oxygen atoms in total. The van der Waals surface area contributed by atoms with Crippen LogP contribution in [0, 0.1) is 12.7 Å². The van der Waals surface area contributed by atoms with E-state index in [0.29, 0.717) is 28.2 Å². The maximum atomic E-state index is 14.8. The first kappa shape index (κ1) is 22.3. The first-order valence-electron chi connectivity index (χ1n) is 10.7. The number of rotatable bonds is 6. The molecule has 0 aliphatic rings. The van der Waals surface area contributed by atoms with Gasteiger partial charge in [0.05, 0.1) is 11.7 Å². The van der Waals surface area contributed by atoms with Crippen LogP contribution in [0.2, 0.25) is 0 Å². The third-order valence-corrected chi connectivity index (χ3v) is 5.40. The number of carbonyl (C=O) groups is 1. The Morgan fingerprint density at radius 3 is 2.61 bits per heavy atom. The Balaban J connectivity index is 1.79. The van der Waals surface area contributed by atoms with Crippen molar-refractivity contribution in [2.24, 2.45) is 0 Å². The highest BCUT2D eigenvalue weighted by Crippen LogP contribution is 2.28.